The number of aliphatic hydroxyl groups excluding tert-OH is 2. The summed E-state index contributed by atoms with van der Waals surface area (Å²) in [6.07, 6.45) is 14.9. The van der Waals surface area contributed by atoms with Gasteiger partial charge in [0.2, 0.25) is 0 Å². The van der Waals surface area contributed by atoms with E-state index in [0.717, 1.165) is 187 Å². The normalized spacial score (nSPS) is 11.2. The van der Waals surface area contributed by atoms with Gasteiger partial charge in [0.05, 0.1) is 69.3 Å². The van der Waals surface area contributed by atoms with Crippen LogP contribution in [0.25, 0.3) is 166 Å². The van der Waals surface area contributed by atoms with Gasteiger partial charge in [-0.15, -0.1) is 0 Å². The molecule has 0 aliphatic heterocycles. The summed E-state index contributed by atoms with van der Waals surface area (Å²) < 4.78 is 10.8. The molecule has 18 aromatic rings. The molecule has 18 rings (SSSR count). The first-order chi connectivity index (χ1) is 55.4. The van der Waals surface area contributed by atoms with Gasteiger partial charge >= 0.3 is 0 Å². The lowest BCUT2D eigenvalue weighted by atomic mass is 9.93. The Kier molecular flexibility index (Phi) is 22.6. The smallest absolute Gasteiger partial charge is 0.176 e. The van der Waals surface area contributed by atoms with Crippen LogP contribution in [0.4, 0.5) is 0 Å². The summed E-state index contributed by atoms with van der Waals surface area (Å²) in [6, 6.07) is 59.0. The van der Waals surface area contributed by atoms with Crippen LogP contribution in [0.1, 0.15) is 116 Å². The van der Waals surface area contributed by atoms with E-state index in [1.54, 1.807) is 27.0 Å². The van der Waals surface area contributed by atoms with E-state index in [-0.39, 0.29) is 30.5 Å². The minimum absolute atomic E-state index is 0. The molecule has 115 heavy (non-hydrogen) atoms. The molecule has 0 unspecified atom stereocenters. The van der Waals surface area contributed by atoms with Crippen LogP contribution < -0.4 is 9.47 Å². The first-order valence-electron chi connectivity index (χ1n) is 38.3. The topological polar surface area (TPSA) is 251 Å². The van der Waals surface area contributed by atoms with E-state index in [9.17, 15) is 19.8 Å². The molecule has 10 heterocycles. The molecule has 0 saturated heterocycles. The molecule has 10 aromatic heterocycles. The average Bonchev–Trinajstić information content (AvgIpc) is 1.63. The maximum atomic E-state index is 12.5. The molecule has 0 fully saturated rings. The van der Waals surface area contributed by atoms with Crippen molar-refractivity contribution in [3.05, 3.63) is 287 Å². The molecule has 0 aliphatic rings. The summed E-state index contributed by atoms with van der Waals surface area (Å²) in [5.74, 6) is 1.45. The Hall–Kier alpha value is -13.3. The van der Waals surface area contributed by atoms with Gasteiger partial charge in [-0.3, -0.25) is 9.59 Å². The second-order valence-corrected chi connectivity index (χ2v) is 29.0. The highest BCUT2D eigenvalue weighted by Gasteiger charge is 2.29. The molecule has 0 amide bonds. The number of benzene rings is 8. The largest absolute Gasteiger partial charge is 0.506 e. The molecule has 18 heteroatoms. The van der Waals surface area contributed by atoms with Crippen LogP contribution in [0.15, 0.2) is 226 Å². The Morgan fingerprint density at radius 2 is 0.757 bits per heavy atom. The zero-order chi connectivity index (χ0) is 79.8. The fourth-order valence-electron chi connectivity index (χ4n) is 16.4. The van der Waals surface area contributed by atoms with Gasteiger partial charge in [0, 0.05) is 167 Å². The maximum absolute atomic E-state index is 12.5. The number of ether oxygens (including phenoxy) is 2. The number of Topliss-reactive ketones (excluding diaryl/α,β-unsaturated/α-hetero) is 2. The number of nitrogens with one attached hydrogen (secondary N) is 10. The lowest BCUT2D eigenvalue weighted by Gasteiger charge is -2.11. The number of rotatable bonds is 19. The molecule has 16 nitrogen and oxygen atoms in total. The predicted molar refractivity (Wildman–Crippen MR) is 478 cm³/mol. The lowest BCUT2D eigenvalue weighted by Crippen LogP contribution is -1.97. The van der Waals surface area contributed by atoms with Crippen LogP contribution in [0, 0.1) is 6.92 Å². The van der Waals surface area contributed by atoms with Crippen molar-refractivity contribution >= 4 is 112 Å². The number of fused-ring (bicyclic) bond motifs is 6. The molecule has 12 N–H and O–H groups in total. The summed E-state index contributed by atoms with van der Waals surface area (Å²) in [5, 5.41) is 28.8. The van der Waals surface area contributed by atoms with Crippen LogP contribution >= 0.6 is 23.2 Å². The summed E-state index contributed by atoms with van der Waals surface area (Å²) >= 11 is 13.2. The van der Waals surface area contributed by atoms with Crippen molar-refractivity contribution in [1.82, 2.24) is 49.8 Å². The van der Waals surface area contributed by atoms with Crippen molar-refractivity contribution in [1.29, 1.82) is 0 Å². The van der Waals surface area contributed by atoms with Gasteiger partial charge in [-0.25, -0.2) is 0 Å². The number of carbonyl (C=O) groups is 2. The molecule has 0 atom stereocenters. The molecule has 0 bridgehead atoms. The van der Waals surface area contributed by atoms with E-state index in [1.165, 1.54) is 27.5 Å². The number of methoxy groups -OCH3 is 1. The van der Waals surface area contributed by atoms with E-state index in [2.05, 4.69) is 201 Å². The third kappa shape index (κ3) is 14.6. The minimum Gasteiger partial charge on any atom is -0.506 e. The highest BCUT2D eigenvalue weighted by molar-refractivity contribution is 6.34. The number of aromatic amines is 10. The molecule has 0 radical (unpaired) electrons. The third-order valence-electron chi connectivity index (χ3n) is 21.6. The number of aryl methyl sites for hydroxylation is 1. The van der Waals surface area contributed by atoms with Crippen molar-refractivity contribution in [2.75, 3.05) is 13.7 Å². The Labute approximate surface area is 676 Å². The van der Waals surface area contributed by atoms with Crippen molar-refractivity contribution in [3.63, 3.8) is 0 Å². The maximum Gasteiger partial charge on any atom is 0.176 e. The van der Waals surface area contributed by atoms with Crippen LogP contribution in [-0.4, -0.2) is 85.3 Å². The van der Waals surface area contributed by atoms with Crippen LogP contribution in [0.5, 0.6) is 11.5 Å². The molecule has 580 valence electrons. The fraction of sp³-hybridized carbons (Fsp3) is 0.155. The number of hydrogen-bond donors (Lipinski definition) is 12. The van der Waals surface area contributed by atoms with E-state index < -0.39 is 0 Å². The Balaban J connectivity index is 0.000000126. The van der Waals surface area contributed by atoms with E-state index in [4.69, 9.17) is 32.7 Å². The quantitative estimate of drug-likeness (QED) is 0.0277. The monoisotopic (exact) mass is 1560 g/mol. The molecular formula is C97H92Cl2N10O6. The van der Waals surface area contributed by atoms with Gasteiger partial charge in [0.25, 0.3) is 0 Å². The first kappa shape index (κ1) is 78.4. The number of halogens is 2. The van der Waals surface area contributed by atoms with Gasteiger partial charge in [-0.2, -0.15) is 0 Å². The van der Waals surface area contributed by atoms with Gasteiger partial charge < -0.3 is 69.5 Å². The molecular weight excluding hydrogens is 1470 g/mol. The predicted octanol–water partition coefficient (Wildman–Crippen LogP) is 26.7. The van der Waals surface area contributed by atoms with Gasteiger partial charge in [-0.1, -0.05) is 144 Å². The second kappa shape index (κ2) is 33.2. The standard InChI is InChI=1S/C25H23N3O.C24H23ClN2O2.C24H21N3O.C23H21ClN2O2.CH4/c1-4-16-22(18-6-5-7-21-17(18)10-12-26-21)24(15(3)29)28-25(16)19-9-8-14(2)23-20(19)11-13-27-23;1-4-16-22(19-10-9-15(29-5-2)13-20(19)25)23(14(3)28)27-24(16)18-7-6-8-21-17(18)11-12-26-21;1-3-17-22(16-8-7-15-9-11-26-21(15)13-16)23(14(2)28)27-24(17)19-5-4-6-20-18(19)10-12-25-20;1-4-15-21(18-9-8-14(28-3)12-19(18)24)22(13(2)27)26-23(15)17-6-5-7-20-16(17)10-11-25-20;/h5-13,26-29H,3-4H2,1-2H3;6-13,26-27H,4-5H2,1-3H3;4-13,25-28H,2-3H2,1H3;5-12,25-26H,4H2,1-3H3;1H4. The third-order valence-corrected chi connectivity index (χ3v) is 22.2. The highest BCUT2D eigenvalue weighted by atomic mass is 35.5. The van der Waals surface area contributed by atoms with Gasteiger partial charge in [-0.05, 0) is 187 Å². The molecule has 0 spiro atoms. The zero-order valence-electron chi connectivity index (χ0n) is 64.9. The molecule has 0 aliphatic carbocycles. The second-order valence-electron chi connectivity index (χ2n) is 28.2. The molecule has 8 aromatic carbocycles. The molecule has 0 saturated carbocycles. The Bertz CT molecular complexity index is 6700. The van der Waals surface area contributed by atoms with E-state index in [1.807, 2.05) is 111 Å². The van der Waals surface area contributed by atoms with Gasteiger partial charge in [0.1, 0.15) is 23.0 Å². The van der Waals surface area contributed by atoms with Crippen LogP contribution in [0.2, 0.25) is 10.0 Å². The highest BCUT2D eigenvalue weighted by Crippen LogP contribution is 2.48. The van der Waals surface area contributed by atoms with Crippen molar-refractivity contribution in [2.45, 2.75) is 88.5 Å². The number of aliphatic hydroxyl groups is 2. The Morgan fingerprint density at radius 3 is 1.19 bits per heavy atom. The number of ketones is 2. The van der Waals surface area contributed by atoms with Crippen LogP contribution in [0.3, 0.4) is 0 Å². The summed E-state index contributed by atoms with van der Waals surface area (Å²) in [7, 11) is 1.61. The van der Waals surface area contributed by atoms with Crippen molar-refractivity contribution < 1.29 is 29.3 Å². The SMILES string of the molecule is C.C=C(O)c1[nH]c(-c2ccc(C)c3[nH]ccc23)c(CC)c1-c1cccc2[nH]ccc12.C=C(O)c1[nH]c(-c2cccc3[nH]ccc23)c(CC)c1-c1ccc2cc[nH]c2c1.CCOc1ccc(-c2c(C(C)=O)[nH]c(-c3cccc4[nH]ccc34)c2CC)c(Cl)c1.CCc1c(-c2cccc3[nH]ccc23)[nH]c(C(C)=O)c1-c1ccc(OC)cc1Cl. The van der Waals surface area contributed by atoms with Crippen molar-refractivity contribution in [3.8, 4) is 101 Å². The summed E-state index contributed by atoms with van der Waals surface area (Å²) in [6.45, 7) is 23.9. The van der Waals surface area contributed by atoms with Crippen LogP contribution in [-0.2, 0) is 25.7 Å². The number of carbonyl (C=O) groups excluding carboxylic acids is 2. The minimum atomic E-state index is -0.0240. The first-order valence-corrected chi connectivity index (χ1v) is 39.1. The number of aromatic nitrogens is 10. The average molecular weight is 1560 g/mol. The summed E-state index contributed by atoms with van der Waals surface area (Å²) in [4.78, 5) is 58.5. The summed E-state index contributed by atoms with van der Waals surface area (Å²) in [5.41, 5.74) is 30.6. The number of hydrogen-bond acceptors (Lipinski definition) is 6. The Morgan fingerprint density at radius 1 is 0.391 bits per heavy atom. The van der Waals surface area contributed by atoms with E-state index in [0.29, 0.717) is 45.2 Å². The van der Waals surface area contributed by atoms with Crippen molar-refractivity contribution in [2.24, 2.45) is 0 Å². The number of H-pyrrole nitrogens is 10. The van der Waals surface area contributed by atoms with Gasteiger partial charge in [0.15, 0.2) is 11.6 Å². The van der Waals surface area contributed by atoms with E-state index >= 15 is 0 Å². The lowest BCUT2D eigenvalue weighted by molar-refractivity contribution is 0.100. The zero-order valence-corrected chi connectivity index (χ0v) is 66.5. The fourth-order valence-corrected chi connectivity index (χ4v) is 16.9.